The van der Waals surface area contributed by atoms with Gasteiger partial charge < -0.3 is 30.7 Å². The highest BCUT2D eigenvalue weighted by Crippen LogP contribution is 2.38. The van der Waals surface area contributed by atoms with Crippen LogP contribution >= 0.6 is 0 Å². The molecule has 2 aliphatic heterocycles. The van der Waals surface area contributed by atoms with Crippen molar-refractivity contribution in [1.82, 2.24) is 24.8 Å². The molecule has 10 nitrogen and oxygen atoms in total. The predicted molar refractivity (Wildman–Crippen MR) is 169 cm³/mol. The van der Waals surface area contributed by atoms with Gasteiger partial charge in [0.25, 0.3) is 0 Å². The van der Waals surface area contributed by atoms with Gasteiger partial charge in [0, 0.05) is 63.1 Å². The first-order chi connectivity index (χ1) is 20.2. The Kier molecular flexibility index (Phi) is 8.13. The van der Waals surface area contributed by atoms with Gasteiger partial charge in [-0.1, -0.05) is 13.0 Å². The van der Waals surface area contributed by atoms with E-state index in [4.69, 9.17) is 20.4 Å². The van der Waals surface area contributed by atoms with Crippen molar-refractivity contribution in [1.29, 1.82) is 0 Å². The average molecular weight is 575 g/mol. The first kappa shape index (κ1) is 28.9. The van der Waals surface area contributed by atoms with Crippen molar-refractivity contribution in [3.05, 3.63) is 30.1 Å². The zero-order chi connectivity index (χ0) is 29.4. The van der Waals surface area contributed by atoms with Crippen molar-refractivity contribution < 1.29 is 9.84 Å². The molecule has 2 aromatic heterocycles. The Labute approximate surface area is 249 Å². The first-order valence-corrected chi connectivity index (χ1v) is 15.5. The second kappa shape index (κ2) is 11.8. The number of likely N-dealkylation sites (N-methyl/N-ethyl adjacent to an activating group) is 1. The minimum Gasteiger partial charge on any atom is -0.495 e. The third-order valence-electron chi connectivity index (χ3n) is 9.54. The Morgan fingerprint density at radius 1 is 1.07 bits per heavy atom. The number of aliphatic hydroxyl groups is 1. The smallest absolute Gasteiger partial charge is 0.151 e. The number of aromatic nitrogens is 3. The van der Waals surface area contributed by atoms with Crippen LogP contribution in [0.3, 0.4) is 0 Å². The summed E-state index contributed by atoms with van der Waals surface area (Å²) in [6.07, 6.45) is 7.20. The number of rotatable bonds is 7. The van der Waals surface area contributed by atoms with Gasteiger partial charge in [0.05, 0.1) is 24.1 Å². The molecule has 3 fully saturated rings. The second-order valence-corrected chi connectivity index (χ2v) is 12.7. The normalized spacial score (nSPS) is 24.4. The van der Waals surface area contributed by atoms with Crippen LogP contribution in [0.25, 0.3) is 22.2 Å². The zero-order valence-corrected chi connectivity index (χ0v) is 25.6. The highest BCUT2D eigenvalue weighted by atomic mass is 16.5. The molecule has 0 unspecified atom stereocenters. The highest BCUT2D eigenvalue weighted by molar-refractivity contribution is 5.97. The molecule has 0 radical (unpaired) electrons. The van der Waals surface area contributed by atoms with E-state index in [1.165, 1.54) is 25.9 Å². The molecule has 10 heteroatoms. The van der Waals surface area contributed by atoms with E-state index in [2.05, 4.69) is 57.2 Å². The second-order valence-electron chi connectivity index (χ2n) is 12.7. The fourth-order valence-corrected chi connectivity index (χ4v) is 6.97. The minimum atomic E-state index is -0.647. The van der Waals surface area contributed by atoms with Crippen molar-refractivity contribution in [3.8, 4) is 16.9 Å². The maximum absolute atomic E-state index is 10.5. The van der Waals surface area contributed by atoms with Gasteiger partial charge in [-0.25, -0.2) is 15.0 Å². The summed E-state index contributed by atoms with van der Waals surface area (Å²) in [4.78, 5) is 22.1. The number of anilines is 3. The number of nitrogens with one attached hydrogen (secondary N) is 1. The van der Waals surface area contributed by atoms with Gasteiger partial charge in [0.15, 0.2) is 5.82 Å². The van der Waals surface area contributed by atoms with E-state index in [1.807, 2.05) is 6.92 Å². The van der Waals surface area contributed by atoms with Gasteiger partial charge in [0.2, 0.25) is 0 Å². The quantitative estimate of drug-likeness (QED) is 0.385. The molecule has 42 heavy (non-hydrogen) atoms. The summed E-state index contributed by atoms with van der Waals surface area (Å²) in [5.74, 6) is 1.98. The summed E-state index contributed by atoms with van der Waals surface area (Å²) in [6.45, 7) is 10.7. The molecule has 3 aliphatic rings. The standard InChI is InChI=1S/C32H46N8O2/c1-5-25-31(35-22-8-11-32(2,41)19-22)37-28-24(20-34-30(33)29(28)36-25)21-6-7-26(27(18-21)42-4)40-12-9-23(10-13-40)39-16-14-38(3)15-17-39/h6-7,18,20,22-23,41H,5,8-17,19H2,1-4H3,(H2,33,34)(H,35,37)/t22-,32-/m0/s1. The number of piperidine rings is 1. The number of hydrogen-bond donors (Lipinski definition) is 3. The van der Waals surface area contributed by atoms with Crippen LogP contribution in [0.5, 0.6) is 5.75 Å². The van der Waals surface area contributed by atoms with Crippen LogP contribution in [0.15, 0.2) is 24.4 Å². The summed E-state index contributed by atoms with van der Waals surface area (Å²) in [7, 11) is 3.96. The molecule has 2 saturated heterocycles. The molecule has 226 valence electrons. The van der Waals surface area contributed by atoms with Gasteiger partial charge in [-0.3, -0.25) is 4.90 Å². The third-order valence-corrected chi connectivity index (χ3v) is 9.54. The Balaban J connectivity index is 1.26. The maximum Gasteiger partial charge on any atom is 0.151 e. The predicted octanol–water partition coefficient (Wildman–Crippen LogP) is 3.78. The van der Waals surface area contributed by atoms with Crippen molar-refractivity contribution >= 4 is 28.4 Å². The van der Waals surface area contributed by atoms with Crippen molar-refractivity contribution in [3.63, 3.8) is 0 Å². The van der Waals surface area contributed by atoms with E-state index >= 15 is 0 Å². The number of aryl methyl sites for hydroxylation is 1. The van der Waals surface area contributed by atoms with Gasteiger partial charge in [-0.2, -0.15) is 0 Å². The van der Waals surface area contributed by atoms with E-state index < -0.39 is 5.60 Å². The first-order valence-electron chi connectivity index (χ1n) is 15.5. The number of methoxy groups -OCH3 is 1. The van der Waals surface area contributed by atoms with E-state index in [-0.39, 0.29) is 6.04 Å². The molecule has 1 aromatic carbocycles. The molecule has 0 amide bonds. The number of pyridine rings is 1. The molecule has 2 atom stereocenters. The topological polar surface area (TPSA) is 116 Å². The maximum atomic E-state index is 10.5. The van der Waals surface area contributed by atoms with Gasteiger partial charge in [-0.05, 0) is 70.2 Å². The van der Waals surface area contributed by atoms with Crippen LogP contribution in [0, 0.1) is 0 Å². The number of piperazine rings is 1. The number of fused-ring (bicyclic) bond motifs is 1. The van der Waals surface area contributed by atoms with Crippen LogP contribution in [-0.4, -0.2) is 101 Å². The molecule has 4 N–H and O–H groups in total. The molecule has 6 rings (SSSR count). The summed E-state index contributed by atoms with van der Waals surface area (Å²) in [5.41, 5.74) is 10.8. The summed E-state index contributed by atoms with van der Waals surface area (Å²) >= 11 is 0. The molecule has 4 heterocycles. The molecule has 0 spiro atoms. The molecule has 3 aromatic rings. The lowest BCUT2D eigenvalue weighted by Gasteiger charge is -2.42. The Morgan fingerprint density at radius 3 is 2.50 bits per heavy atom. The van der Waals surface area contributed by atoms with Crippen LogP contribution in [0.2, 0.25) is 0 Å². The van der Waals surface area contributed by atoms with Gasteiger partial charge >= 0.3 is 0 Å². The van der Waals surface area contributed by atoms with E-state index in [1.54, 1.807) is 13.3 Å². The number of benzene rings is 1. The number of nitrogens with two attached hydrogens (primary N) is 1. The van der Waals surface area contributed by atoms with Crippen molar-refractivity contribution in [2.24, 2.45) is 0 Å². The van der Waals surface area contributed by atoms with E-state index in [9.17, 15) is 5.11 Å². The SMILES string of the molecule is CCc1nc2c(N)ncc(-c3ccc(N4CCC(N5CCN(C)CC5)CC4)c(OC)c3)c2nc1N[C@H]1CC[C@](C)(O)C1. The molecular formula is C32H46N8O2. The third kappa shape index (κ3) is 5.85. The summed E-state index contributed by atoms with van der Waals surface area (Å²) < 4.78 is 5.95. The minimum absolute atomic E-state index is 0.152. The zero-order valence-electron chi connectivity index (χ0n) is 25.6. The molecule has 1 saturated carbocycles. The van der Waals surface area contributed by atoms with Gasteiger partial charge in [0.1, 0.15) is 22.6 Å². The number of hydrogen-bond acceptors (Lipinski definition) is 10. The molecule has 0 bridgehead atoms. The van der Waals surface area contributed by atoms with Crippen molar-refractivity contribution in [2.45, 2.75) is 70.1 Å². The lowest BCUT2D eigenvalue weighted by molar-refractivity contribution is 0.0673. The number of nitrogen functional groups attached to an aromatic ring is 1. The largest absolute Gasteiger partial charge is 0.495 e. The Morgan fingerprint density at radius 2 is 1.83 bits per heavy atom. The summed E-state index contributed by atoms with van der Waals surface area (Å²) in [5, 5.41) is 14.1. The lowest BCUT2D eigenvalue weighted by atomic mass is 10.00. The van der Waals surface area contributed by atoms with Crippen molar-refractivity contribution in [2.75, 3.05) is 69.4 Å². The van der Waals surface area contributed by atoms with Gasteiger partial charge in [-0.15, -0.1) is 0 Å². The number of ether oxygens (including phenoxy) is 1. The Bertz CT molecular complexity index is 1410. The summed E-state index contributed by atoms with van der Waals surface area (Å²) in [6, 6.07) is 7.20. The molecular weight excluding hydrogens is 528 g/mol. The number of nitrogens with zero attached hydrogens (tertiary/aromatic N) is 6. The fourth-order valence-electron chi connectivity index (χ4n) is 6.97. The molecule has 1 aliphatic carbocycles. The van der Waals surface area contributed by atoms with E-state index in [0.29, 0.717) is 30.2 Å². The highest BCUT2D eigenvalue weighted by Gasteiger charge is 2.33. The average Bonchev–Trinajstić information content (AvgIpc) is 3.35. The Hall–Kier alpha value is -3.21. The van der Waals surface area contributed by atoms with E-state index in [0.717, 1.165) is 78.6 Å². The monoisotopic (exact) mass is 574 g/mol. The van der Waals surface area contributed by atoms with Crippen LogP contribution in [0.1, 0.15) is 51.6 Å². The van der Waals surface area contributed by atoms with Crippen LogP contribution < -0.4 is 20.7 Å². The van der Waals surface area contributed by atoms with Crippen LogP contribution in [-0.2, 0) is 6.42 Å². The van der Waals surface area contributed by atoms with Crippen LogP contribution in [0.4, 0.5) is 17.3 Å². The fraction of sp³-hybridized carbons (Fsp3) is 0.594. The lowest BCUT2D eigenvalue weighted by Crippen LogP contribution is -2.52.